The second kappa shape index (κ2) is 4.96. The minimum Gasteiger partial charge on any atom is -0.370 e. The molecule has 1 N–H and O–H groups in total. The summed E-state index contributed by atoms with van der Waals surface area (Å²) in [4.78, 5) is 8.51. The van der Waals surface area contributed by atoms with Crippen LogP contribution in [0.4, 0.5) is 0 Å². The van der Waals surface area contributed by atoms with Gasteiger partial charge in [0.1, 0.15) is 0 Å². The molecule has 1 atom stereocenters. The fraction of sp³-hybridized carbons (Fsp3) is 0.636. The summed E-state index contributed by atoms with van der Waals surface area (Å²) < 4.78 is 2.08. The predicted octanol–water partition coefficient (Wildman–Crippen LogP) is 1.44. The van der Waals surface area contributed by atoms with Gasteiger partial charge in [-0.1, -0.05) is 0 Å². The summed E-state index contributed by atoms with van der Waals surface area (Å²) in [5, 5.41) is 3.46. The molecular weight excluding hydrogens is 188 g/mol. The lowest BCUT2D eigenvalue weighted by atomic mass is 10.1. The van der Waals surface area contributed by atoms with E-state index in [0.29, 0.717) is 6.04 Å². The van der Waals surface area contributed by atoms with E-state index in [9.17, 15) is 0 Å². The first-order valence-electron chi connectivity index (χ1n) is 5.60. The fourth-order valence-electron chi connectivity index (χ4n) is 1.86. The van der Waals surface area contributed by atoms with Crippen molar-refractivity contribution < 1.29 is 0 Å². The first kappa shape index (κ1) is 10.2. The average molecular weight is 206 g/mol. The van der Waals surface area contributed by atoms with Crippen LogP contribution in [0.15, 0.2) is 23.7 Å². The molecule has 0 saturated carbocycles. The molecule has 2 heterocycles. The van der Waals surface area contributed by atoms with Gasteiger partial charge in [-0.3, -0.25) is 4.99 Å². The van der Waals surface area contributed by atoms with Crippen molar-refractivity contribution in [1.82, 2.24) is 14.9 Å². The van der Waals surface area contributed by atoms with E-state index in [4.69, 9.17) is 0 Å². The van der Waals surface area contributed by atoms with Gasteiger partial charge >= 0.3 is 0 Å². The molecule has 0 saturated heterocycles. The van der Waals surface area contributed by atoms with E-state index in [-0.39, 0.29) is 0 Å². The Morgan fingerprint density at radius 3 is 3.13 bits per heavy atom. The molecule has 0 bridgehead atoms. The predicted molar refractivity (Wildman–Crippen MR) is 61.0 cm³/mol. The van der Waals surface area contributed by atoms with Gasteiger partial charge in [-0.05, 0) is 19.8 Å². The van der Waals surface area contributed by atoms with Crippen molar-refractivity contribution in [2.24, 2.45) is 4.99 Å². The van der Waals surface area contributed by atoms with Gasteiger partial charge in [0.25, 0.3) is 0 Å². The SMILES string of the molecule is CC(Cn1ccnc1)NC1=NCCCC1. The third-order valence-electron chi connectivity index (χ3n) is 2.58. The van der Waals surface area contributed by atoms with Gasteiger partial charge in [0.15, 0.2) is 0 Å². The van der Waals surface area contributed by atoms with Gasteiger partial charge in [0, 0.05) is 37.9 Å². The summed E-state index contributed by atoms with van der Waals surface area (Å²) in [6, 6.07) is 0.413. The molecule has 4 heteroatoms. The number of aliphatic imine (C=N–C) groups is 1. The number of nitrogens with zero attached hydrogens (tertiary/aromatic N) is 3. The van der Waals surface area contributed by atoms with Crippen molar-refractivity contribution in [3.05, 3.63) is 18.7 Å². The average Bonchev–Trinajstić information content (AvgIpc) is 2.71. The molecule has 1 unspecified atom stereocenters. The third kappa shape index (κ3) is 3.08. The molecule has 0 spiro atoms. The number of imidazole rings is 1. The van der Waals surface area contributed by atoms with Crippen LogP contribution in [0.2, 0.25) is 0 Å². The highest BCUT2D eigenvalue weighted by molar-refractivity contribution is 5.82. The molecule has 2 rings (SSSR count). The maximum Gasteiger partial charge on any atom is 0.0965 e. The lowest BCUT2D eigenvalue weighted by molar-refractivity contribution is 0.535. The zero-order valence-electron chi connectivity index (χ0n) is 9.19. The summed E-state index contributed by atoms with van der Waals surface area (Å²) >= 11 is 0. The maximum atomic E-state index is 4.48. The number of amidine groups is 1. The van der Waals surface area contributed by atoms with Gasteiger partial charge in [0.2, 0.25) is 0 Å². The Labute approximate surface area is 90.4 Å². The second-order valence-electron chi connectivity index (χ2n) is 4.09. The summed E-state index contributed by atoms with van der Waals surface area (Å²) in [5.41, 5.74) is 0. The molecule has 1 aromatic heterocycles. The van der Waals surface area contributed by atoms with Crippen LogP contribution in [0, 0.1) is 0 Å². The molecule has 0 aromatic carbocycles. The minimum atomic E-state index is 0.413. The zero-order valence-corrected chi connectivity index (χ0v) is 9.19. The van der Waals surface area contributed by atoms with Crippen molar-refractivity contribution in [1.29, 1.82) is 0 Å². The van der Waals surface area contributed by atoms with E-state index in [2.05, 4.69) is 26.8 Å². The minimum absolute atomic E-state index is 0.413. The first-order valence-corrected chi connectivity index (χ1v) is 5.60. The number of rotatable bonds is 3. The first-order chi connectivity index (χ1) is 7.34. The highest BCUT2D eigenvalue weighted by Crippen LogP contribution is 2.05. The van der Waals surface area contributed by atoms with Crippen LogP contribution in [0.5, 0.6) is 0 Å². The highest BCUT2D eigenvalue weighted by atomic mass is 15.1. The van der Waals surface area contributed by atoms with E-state index in [1.807, 2.05) is 18.7 Å². The Kier molecular flexibility index (Phi) is 3.37. The van der Waals surface area contributed by atoms with Crippen LogP contribution in [-0.2, 0) is 6.54 Å². The van der Waals surface area contributed by atoms with Gasteiger partial charge in [-0.15, -0.1) is 0 Å². The van der Waals surface area contributed by atoms with Gasteiger partial charge in [-0.2, -0.15) is 0 Å². The van der Waals surface area contributed by atoms with E-state index in [1.54, 1.807) is 0 Å². The van der Waals surface area contributed by atoms with Gasteiger partial charge < -0.3 is 9.88 Å². The summed E-state index contributed by atoms with van der Waals surface area (Å²) in [5.74, 6) is 1.17. The molecule has 1 aliphatic heterocycles. The molecule has 0 aliphatic carbocycles. The lowest BCUT2D eigenvalue weighted by Gasteiger charge is -2.19. The summed E-state index contributed by atoms with van der Waals surface area (Å²) in [6.07, 6.45) is 9.26. The third-order valence-corrected chi connectivity index (χ3v) is 2.58. The monoisotopic (exact) mass is 206 g/mol. The number of hydrogen-bond donors (Lipinski definition) is 1. The molecular formula is C11H18N4. The van der Waals surface area contributed by atoms with Crippen LogP contribution in [-0.4, -0.2) is 28.0 Å². The van der Waals surface area contributed by atoms with Crippen molar-refractivity contribution in [2.75, 3.05) is 6.54 Å². The Morgan fingerprint density at radius 2 is 2.47 bits per heavy atom. The molecule has 15 heavy (non-hydrogen) atoms. The maximum absolute atomic E-state index is 4.48. The van der Waals surface area contributed by atoms with Crippen molar-refractivity contribution >= 4 is 5.84 Å². The lowest BCUT2D eigenvalue weighted by Crippen LogP contribution is -2.36. The van der Waals surface area contributed by atoms with Crippen molar-refractivity contribution in [2.45, 2.75) is 38.8 Å². The Balaban J connectivity index is 1.81. The van der Waals surface area contributed by atoms with Gasteiger partial charge in [-0.25, -0.2) is 4.98 Å². The largest absolute Gasteiger partial charge is 0.370 e. The van der Waals surface area contributed by atoms with Crippen LogP contribution >= 0.6 is 0 Å². The van der Waals surface area contributed by atoms with E-state index < -0.39 is 0 Å². The number of nitrogens with one attached hydrogen (secondary N) is 1. The molecule has 0 fully saturated rings. The number of hydrogen-bond acceptors (Lipinski definition) is 3. The Morgan fingerprint density at radius 1 is 1.53 bits per heavy atom. The van der Waals surface area contributed by atoms with Crippen LogP contribution in [0.25, 0.3) is 0 Å². The molecule has 4 nitrogen and oxygen atoms in total. The van der Waals surface area contributed by atoms with Crippen molar-refractivity contribution in [3.63, 3.8) is 0 Å². The second-order valence-corrected chi connectivity index (χ2v) is 4.09. The quantitative estimate of drug-likeness (QED) is 0.813. The Bertz CT molecular complexity index is 315. The highest BCUT2D eigenvalue weighted by Gasteiger charge is 2.08. The van der Waals surface area contributed by atoms with E-state index in [0.717, 1.165) is 19.5 Å². The van der Waals surface area contributed by atoms with Crippen LogP contribution < -0.4 is 5.32 Å². The summed E-state index contributed by atoms with van der Waals surface area (Å²) in [6.45, 7) is 4.11. The van der Waals surface area contributed by atoms with Crippen LogP contribution in [0.1, 0.15) is 26.2 Å². The van der Waals surface area contributed by atoms with Crippen molar-refractivity contribution in [3.8, 4) is 0 Å². The van der Waals surface area contributed by atoms with E-state index in [1.165, 1.54) is 18.7 Å². The summed E-state index contributed by atoms with van der Waals surface area (Å²) in [7, 11) is 0. The fourth-order valence-corrected chi connectivity index (χ4v) is 1.86. The molecule has 1 aromatic rings. The molecule has 82 valence electrons. The smallest absolute Gasteiger partial charge is 0.0965 e. The molecule has 0 radical (unpaired) electrons. The Hall–Kier alpha value is -1.32. The molecule has 0 amide bonds. The normalized spacial score (nSPS) is 18.3. The molecule has 1 aliphatic rings. The topological polar surface area (TPSA) is 42.2 Å². The standard InChI is InChI=1S/C11H18N4/c1-10(8-15-7-6-12-9-15)14-11-4-2-3-5-13-11/h6-7,9-10H,2-5,8H2,1H3,(H,13,14). The van der Waals surface area contributed by atoms with Crippen LogP contribution in [0.3, 0.4) is 0 Å². The zero-order chi connectivity index (χ0) is 10.5. The van der Waals surface area contributed by atoms with Gasteiger partial charge in [0.05, 0.1) is 12.2 Å². The number of aromatic nitrogens is 2. The van der Waals surface area contributed by atoms with E-state index >= 15 is 0 Å².